The van der Waals surface area contributed by atoms with E-state index in [2.05, 4.69) is 10.4 Å². The van der Waals surface area contributed by atoms with Gasteiger partial charge >= 0.3 is 0 Å². The van der Waals surface area contributed by atoms with E-state index in [-0.39, 0.29) is 11.7 Å². The van der Waals surface area contributed by atoms with Gasteiger partial charge < -0.3 is 14.6 Å². The van der Waals surface area contributed by atoms with E-state index in [4.69, 9.17) is 4.42 Å². The maximum Gasteiger partial charge on any atom is 0.270 e. The van der Waals surface area contributed by atoms with Gasteiger partial charge in [0.2, 0.25) is 0 Å². The minimum Gasteiger partial charge on any atom is -0.463 e. The molecule has 0 spiro atoms. The maximum absolute atomic E-state index is 13.2. The number of hydrogen-bond acceptors (Lipinski definition) is 4. The Morgan fingerprint density at radius 1 is 1.28 bits per heavy atom. The molecule has 0 atom stereocenters. The van der Waals surface area contributed by atoms with Crippen molar-refractivity contribution in [3.05, 3.63) is 60.2 Å². The highest BCUT2D eigenvalue weighted by Gasteiger charge is 2.18. The Kier molecular flexibility index (Phi) is 4.95. The van der Waals surface area contributed by atoms with E-state index in [0.29, 0.717) is 29.4 Å². The molecule has 1 aromatic carbocycles. The van der Waals surface area contributed by atoms with Crippen LogP contribution in [0.1, 0.15) is 10.5 Å². The van der Waals surface area contributed by atoms with Crippen molar-refractivity contribution in [2.45, 2.75) is 0 Å². The molecule has 0 aliphatic heterocycles. The second-order valence-electron chi connectivity index (χ2n) is 5.84. The zero-order chi connectivity index (χ0) is 17.8. The summed E-state index contributed by atoms with van der Waals surface area (Å²) in [5.41, 5.74) is 1.49. The second-order valence-corrected chi connectivity index (χ2v) is 5.84. The zero-order valence-electron chi connectivity index (χ0n) is 14.1. The first kappa shape index (κ1) is 16.9. The minimum absolute atomic E-state index is 0.253. The molecule has 2 aromatic heterocycles. The Balaban J connectivity index is 1.94. The number of benzene rings is 1. The number of aromatic nitrogens is 2. The summed E-state index contributed by atoms with van der Waals surface area (Å²) in [6.45, 7) is 1.23. The lowest BCUT2D eigenvalue weighted by Gasteiger charge is -2.11. The number of amides is 1. The molecule has 0 radical (unpaired) electrons. The summed E-state index contributed by atoms with van der Waals surface area (Å²) in [5, 5.41) is 7.31. The summed E-state index contributed by atoms with van der Waals surface area (Å²) in [6, 6.07) is 11.0. The number of furan rings is 1. The molecule has 0 fully saturated rings. The van der Waals surface area contributed by atoms with Crippen LogP contribution in [0.5, 0.6) is 0 Å². The summed E-state index contributed by atoms with van der Waals surface area (Å²) in [6.07, 6.45) is 1.54. The van der Waals surface area contributed by atoms with Gasteiger partial charge in [0, 0.05) is 19.2 Å². The van der Waals surface area contributed by atoms with Gasteiger partial charge in [0.25, 0.3) is 5.91 Å². The van der Waals surface area contributed by atoms with Gasteiger partial charge in [0.1, 0.15) is 17.2 Å². The van der Waals surface area contributed by atoms with Crippen molar-refractivity contribution in [1.82, 2.24) is 20.0 Å². The average Bonchev–Trinajstić information content (AvgIpc) is 3.24. The third-order valence-corrected chi connectivity index (χ3v) is 3.63. The molecule has 3 aromatic rings. The Hall–Kier alpha value is -2.93. The molecule has 130 valence electrons. The van der Waals surface area contributed by atoms with Gasteiger partial charge in [-0.2, -0.15) is 5.10 Å². The summed E-state index contributed by atoms with van der Waals surface area (Å²) >= 11 is 0. The number of carbonyl (C=O) groups excluding carboxylic acids is 1. The highest BCUT2D eigenvalue weighted by Crippen LogP contribution is 2.22. The van der Waals surface area contributed by atoms with Crippen molar-refractivity contribution in [2.75, 3.05) is 27.2 Å². The van der Waals surface area contributed by atoms with Gasteiger partial charge in [-0.1, -0.05) is 0 Å². The average molecular weight is 342 g/mol. The first-order valence-electron chi connectivity index (χ1n) is 7.87. The summed E-state index contributed by atoms with van der Waals surface area (Å²) in [5.74, 6) is -0.0427. The lowest BCUT2D eigenvalue weighted by atomic mass is 10.2. The normalized spacial score (nSPS) is 11.0. The van der Waals surface area contributed by atoms with Crippen molar-refractivity contribution in [2.24, 2.45) is 0 Å². The first-order valence-corrected chi connectivity index (χ1v) is 7.87. The van der Waals surface area contributed by atoms with Crippen LogP contribution in [0, 0.1) is 5.82 Å². The molecule has 0 bridgehead atoms. The molecule has 6 nitrogen and oxygen atoms in total. The summed E-state index contributed by atoms with van der Waals surface area (Å²) in [7, 11) is 3.87. The number of likely N-dealkylation sites (N-methyl/N-ethyl adjacent to an activating group) is 1. The molecule has 25 heavy (non-hydrogen) atoms. The van der Waals surface area contributed by atoms with Crippen LogP contribution in [0.3, 0.4) is 0 Å². The Morgan fingerprint density at radius 3 is 2.68 bits per heavy atom. The van der Waals surface area contributed by atoms with E-state index in [1.807, 2.05) is 19.0 Å². The molecule has 7 heteroatoms. The minimum atomic E-state index is -0.348. The molecule has 0 saturated heterocycles. The fourth-order valence-corrected chi connectivity index (χ4v) is 2.35. The molecule has 0 saturated carbocycles. The third-order valence-electron chi connectivity index (χ3n) is 3.63. The lowest BCUT2D eigenvalue weighted by molar-refractivity contribution is 0.0943. The van der Waals surface area contributed by atoms with Gasteiger partial charge in [-0.25, -0.2) is 9.07 Å². The molecular weight excluding hydrogens is 323 g/mol. The highest BCUT2D eigenvalue weighted by molar-refractivity contribution is 5.94. The van der Waals surface area contributed by atoms with Crippen LogP contribution >= 0.6 is 0 Å². The molecule has 0 unspecified atom stereocenters. The van der Waals surface area contributed by atoms with Crippen LogP contribution < -0.4 is 5.32 Å². The van der Waals surface area contributed by atoms with Gasteiger partial charge in [0.05, 0.1) is 12.0 Å². The number of halogens is 1. The van der Waals surface area contributed by atoms with E-state index in [1.54, 1.807) is 36.6 Å². The molecule has 2 heterocycles. The lowest BCUT2D eigenvalue weighted by Crippen LogP contribution is -2.32. The SMILES string of the molecule is CN(C)CCNC(=O)c1cc(-c2ccco2)nn1-c1ccc(F)cc1. The Labute approximate surface area is 144 Å². The first-order chi connectivity index (χ1) is 12.0. The number of nitrogens with one attached hydrogen (secondary N) is 1. The summed E-state index contributed by atoms with van der Waals surface area (Å²) < 4.78 is 20.1. The predicted molar refractivity (Wildman–Crippen MR) is 92.1 cm³/mol. The third kappa shape index (κ3) is 3.95. The van der Waals surface area contributed by atoms with Crippen LogP contribution in [0.25, 0.3) is 17.1 Å². The van der Waals surface area contributed by atoms with Gasteiger partial charge in [-0.05, 0) is 50.5 Å². The second kappa shape index (κ2) is 7.31. The Bertz CT molecular complexity index is 839. The largest absolute Gasteiger partial charge is 0.463 e. The Morgan fingerprint density at radius 2 is 2.04 bits per heavy atom. The van der Waals surface area contributed by atoms with Crippen molar-refractivity contribution in [3.8, 4) is 17.1 Å². The van der Waals surface area contributed by atoms with E-state index in [0.717, 1.165) is 6.54 Å². The highest BCUT2D eigenvalue weighted by atomic mass is 19.1. The van der Waals surface area contributed by atoms with E-state index in [1.165, 1.54) is 16.8 Å². The monoisotopic (exact) mass is 342 g/mol. The van der Waals surface area contributed by atoms with E-state index >= 15 is 0 Å². The van der Waals surface area contributed by atoms with Crippen LogP contribution in [-0.2, 0) is 0 Å². The number of rotatable bonds is 6. The molecular formula is C18H19FN4O2. The predicted octanol–water partition coefficient (Wildman–Crippen LogP) is 2.56. The zero-order valence-corrected chi connectivity index (χ0v) is 14.1. The van der Waals surface area contributed by atoms with Gasteiger partial charge in [-0.3, -0.25) is 4.79 Å². The molecule has 0 aliphatic rings. The van der Waals surface area contributed by atoms with Crippen molar-refractivity contribution < 1.29 is 13.6 Å². The molecule has 1 amide bonds. The van der Waals surface area contributed by atoms with Crippen LogP contribution in [0.4, 0.5) is 4.39 Å². The van der Waals surface area contributed by atoms with Crippen molar-refractivity contribution in [1.29, 1.82) is 0 Å². The van der Waals surface area contributed by atoms with Crippen LogP contribution in [-0.4, -0.2) is 47.8 Å². The van der Waals surface area contributed by atoms with E-state index in [9.17, 15) is 9.18 Å². The topological polar surface area (TPSA) is 63.3 Å². The molecule has 1 N–H and O–H groups in total. The fourth-order valence-electron chi connectivity index (χ4n) is 2.35. The smallest absolute Gasteiger partial charge is 0.270 e. The number of hydrogen-bond donors (Lipinski definition) is 1. The van der Waals surface area contributed by atoms with Crippen molar-refractivity contribution >= 4 is 5.91 Å². The molecule has 0 aliphatic carbocycles. The molecule has 3 rings (SSSR count). The van der Waals surface area contributed by atoms with Crippen molar-refractivity contribution in [3.63, 3.8) is 0 Å². The van der Waals surface area contributed by atoms with Gasteiger partial charge in [-0.15, -0.1) is 0 Å². The standard InChI is InChI=1S/C18H19FN4O2/c1-22(2)10-9-20-18(24)16-12-15(17-4-3-11-25-17)21-23(16)14-7-5-13(19)6-8-14/h3-8,11-12H,9-10H2,1-2H3,(H,20,24). The van der Waals surface area contributed by atoms with Gasteiger partial charge in [0.15, 0.2) is 5.76 Å². The quantitative estimate of drug-likeness (QED) is 0.748. The van der Waals surface area contributed by atoms with Crippen LogP contribution in [0.2, 0.25) is 0 Å². The van der Waals surface area contributed by atoms with E-state index < -0.39 is 0 Å². The number of carbonyl (C=O) groups is 1. The maximum atomic E-state index is 13.2. The fraction of sp³-hybridized carbons (Fsp3) is 0.222. The van der Waals surface area contributed by atoms with Crippen LogP contribution in [0.15, 0.2) is 53.1 Å². The number of nitrogens with zero attached hydrogens (tertiary/aromatic N) is 3. The summed E-state index contributed by atoms with van der Waals surface area (Å²) in [4.78, 5) is 14.6.